The van der Waals surface area contributed by atoms with E-state index in [1.807, 2.05) is 6.07 Å². The predicted molar refractivity (Wildman–Crippen MR) is 84.6 cm³/mol. The highest BCUT2D eigenvalue weighted by Crippen LogP contribution is 2.25. The first kappa shape index (κ1) is 15.6. The van der Waals surface area contributed by atoms with E-state index in [0.717, 1.165) is 38.3 Å². The molecule has 0 unspecified atom stereocenters. The van der Waals surface area contributed by atoms with Crippen LogP contribution in [0.5, 0.6) is 0 Å². The van der Waals surface area contributed by atoms with E-state index in [-0.39, 0.29) is 12.5 Å². The third-order valence-corrected chi connectivity index (χ3v) is 3.87. The topological polar surface area (TPSA) is 81.8 Å². The first-order valence-electron chi connectivity index (χ1n) is 7.35. The van der Waals surface area contributed by atoms with E-state index in [1.165, 1.54) is 0 Å². The Balaban J connectivity index is 2.15. The molecule has 1 aromatic carbocycles. The van der Waals surface area contributed by atoms with E-state index < -0.39 is 0 Å². The fourth-order valence-corrected chi connectivity index (χ4v) is 2.68. The molecule has 6 heteroatoms. The van der Waals surface area contributed by atoms with Gasteiger partial charge in [0.2, 0.25) is 0 Å². The van der Waals surface area contributed by atoms with E-state index >= 15 is 0 Å². The molecule has 0 saturated carbocycles. The number of carbonyl (C=O) groups excluding carboxylic acids is 1. The predicted octanol–water partition coefficient (Wildman–Crippen LogP) is 0.133. The second-order valence-corrected chi connectivity index (χ2v) is 5.26. The third-order valence-electron chi connectivity index (χ3n) is 3.87. The van der Waals surface area contributed by atoms with Gasteiger partial charge in [-0.2, -0.15) is 0 Å². The minimum Gasteiger partial charge on any atom is -0.397 e. The summed E-state index contributed by atoms with van der Waals surface area (Å²) in [5.41, 5.74) is 8.31. The molecule has 1 aliphatic heterocycles. The summed E-state index contributed by atoms with van der Waals surface area (Å²) in [5.74, 6) is -0.104. The fourth-order valence-electron chi connectivity index (χ4n) is 2.68. The standard InChI is InChI=1S/C15H24N4O2/c1-17-15(21)12-3-4-13(16)14(11-12)19-6-2-5-18(7-8-19)9-10-20/h3-4,11,20H,2,5-10,16H2,1H3,(H,17,21). The van der Waals surface area contributed by atoms with Gasteiger partial charge in [0.05, 0.1) is 18.0 Å². The zero-order valence-corrected chi connectivity index (χ0v) is 12.5. The number of amides is 1. The molecule has 1 fully saturated rings. The van der Waals surface area contributed by atoms with Gasteiger partial charge >= 0.3 is 0 Å². The highest BCUT2D eigenvalue weighted by atomic mass is 16.3. The molecular formula is C15H24N4O2. The fraction of sp³-hybridized carbons (Fsp3) is 0.533. The summed E-state index contributed by atoms with van der Waals surface area (Å²) in [6.07, 6.45) is 1.02. The second-order valence-electron chi connectivity index (χ2n) is 5.26. The molecular weight excluding hydrogens is 268 g/mol. The first-order valence-corrected chi connectivity index (χ1v) is 7.35. The van der Waals surface area contributed by atoms with Crippen LogP contribution < -0.4 is 16.0 Å². The molecule has 0 bridgehead atoms. The van der Waals surface area contributed by atoms with Crippen LogP contribution in [0, 0.1) is 0 Å². The number of nitrogens with zero attached hydrogens (tertiary/aromatic N) is 2. The molecule has 1 aliphatic rings. The van der Waals surface area contributed by atoms with Gasteiger partial charge in [0.25, 0.3) is 5.91 Å². The number of hydrogen-bond acceptors (Lipinski definition) is 5. The number of aliphatic hydroxyl groups is 1. The van der Waals surface area contributed by atoms with Crippen LogP contribution in [-0.2, 0) is 0 Å². The van der Waals surface area contributed by atoms with E-state index in [4.69, 9.17) is 10.8 Å². The maximum absolute atomic E-state index is 11.8. The van der Waals surface area contributed by atoms with E-state index in [1.54, 1.807) is 19.2 Å². The van der Waals surface area contributed by atoms with Crippen molar-refractivity contribution < 1.29 is 9.90 Å². The Bertz CT molecular complexity index is 493. The molecule has 0 atom stereocenters. The lowest BCUT2D eigenvalue weighted by Crippen LogP contribution is -2.32. The smallest absolute Gasteiger partial charge is 0.251 e. The summed E-state index contributed by atoms with van der Waals surface area (Å²) < 4.78 is 0. The number of β-amino-alcohol motifs (C(OH)–C–C–N with tert-alkyl or cyclic N) is 1. The number of carbonyl (C=O) groups is 1. The van der Waals surface area contributed by atoms with Crippen molar-refractivity contribution in [2.45, 2.75) is 6.42 Å². The largest absolute Gasteiger partial charge is 0.397 e. The highest BCUT2D eigenvalue weighted by Gasteiger charge is 2.17. The highest BCUT2D eigenvalue weighted by molar-refractivity contribution is 5.96. The van der Waals surface area contributed by atoms with Crippen molar-refractivity contribution in [3.05, 3.63) is 23.8 Å². The van der Waals surface area contributed by atoms with Crippen LogP contribution >= 0.6 is 0 Å². The number of benzene rings is 1. The zero-order chi connectivity index (χ0) is 15.2. The third kappa shape index (κ3) is 3.86. The lowest BCUT2D eigenvalue weighted by Gasteiger charge is -2.25. The Morgan fingerprint density at radius 2 is 2.14 bits per heavy atom. The first-order chi connectivity index (χ1) is 10.2. The number of aliphatic hydroxyl groups excluding tert-OH is 1. The van der Waals surface area contributed by atoms with Crippen molar-refractivity contribution >= 4 is 17.3 Å². The Hall–Kier alpha value is -1.79. The molecule has 0 aromatic heterocycles. The van der Waals surface area contributed by atoms with Crippen LogP contribution in [0.15, 0.2) is 18.2 Å². The van der Waals surface area contributed by atoms with Crippen LogP contribution in [0.2, 0.25) is 0 Å². The molecule has 4 N–H and O–H groups in total. The second kappa shape index (κ2) is 7.28. The molecule has 1 amide bonds. The van der Waals surface area contributed by atoms with Gasteiger partial charge < -0.3 is 21.1 Å². The quantitative estimate of drug-likeness (QED) is 0.687. The van der Waals surface area contributed by atoms with Crippen molar-refractivity contribution in [3.63, 3.8) is 0 Å². The maximum atomic E-state index is 11.8. The molecule has 0 radical (unpaired) electrons. The summed E-state index contributed by atoms with van der Waals surface area (Å²) in [7, 11) is 1.62. The maximum Gasteiger partial charge on any atom is 0.251 e. The summed E-state index contributed by atoms with van der Waals surface area (Å²) in [6, 6.07) is 5.39. The van der Waals surface area contributed by atoms with Crippen molar-refractivity contribution in [3.8, 4) is 0 Å². The van der Waals surface area contributed by atoms with Crippen LogP contribution in [0.3, 0.4) is 0 Å². The normalized spacial score (nSPS) is 16.6. The van der Waals surface area contributed by atoms with E-state index in [2.05, 4.69) is 15.1 Å². The Labute approximate surface area is 125 Å². The molecule has 1 aromatic rings. The number of nitrogens with one attached hydrogen (secondary N) is 1. The van der Waals surface area contributed by atoms with Gasteiger partial charge in [-0.3, -0.25) is 9.69 Å². The summed E-state index contributed by atoms with van der Waals surface area (Å²) in [4.78, 5) is 16.2. The van der Waals surface area contributed by atoms with Gasteiger partial charge in [-0.05, 0) is 31.2 Å². The van der Waals surface area contributed by atoms with Gasteiger partial charge in [0.1, 0.15) is 0 Å². The molecule has 6 nitrogen and oxygen atoms in total. The average molecular weight is 292 g/mol. The monoisotopic (exact) mass is 292 g/mol. The molecule has 116 valence electrons. The Kier molecular flexibility index (Phi) is 5.41. The number of hydrogen-bond donors (Lipinski definition) is 3. The lowest BCUT2D eigenvalue weighted by atomic mass is 10.1. The molecule has 0 aliphatic carbocycles. The van der Waals surface area contributed by atoms with Gasteiger partial charge in [-0.1, -0.05) is 0 Å². The van der Waals surface area contributed by atoms with Gasteiger partial charge in [-0.15, -0.1) is 0 Å². The Morgan fingerprint density at radius 1 is 1.33 bits per heavy atom. The van der Waals surface area contributed by atoms with Crippen molar-refractivity contribution in [1.82, 2.24) is 10.2 Å². The number of rotatable bonds is 4. The minimum absolute atomic E-state index is 0.104. The summed E-state index contributed by atoms with van der Waals surface area (Å²) in [6.45, 7) is 4.52. The molecule has 1 saturated heterocycles. The van der Waals surface area contributed by atoms with E-state index in [9.17, 15) is 4.79 Å². The summed E-state index contributed by atoms with van der Waals surface area (Å²) in [5, 5.41) is 11.7. The van der Waals surface area contributed by atoms with Crippen LogP contribution in [-0.4, -0.2) is 62.3 Å². The van der Waals surface area contributed by atoms with Crippen molar-refractivity contribution in [2.24, 2.45) is 0 Å². The van der Waals surface area contributed by atoms with Crippen molar-refractivity contribution in [2.75, 3.05) is 57.0 Å². The summed E-state index contributed by atoms with van der Waals surface area (Å²) >= 11 is 0. The minimum atomic E-state index is -0.104. The average Bonchev–Trinajstić information content (AvgIpc) is 2.73. The van der Waals surface area contributed by atoms with Crippen LogP contribution in [0.25, 0.3) is 0 Å². The number of nitrogens with two attached hydrogens (primary N) is 1. The van der Waals surface area contributed by atoms with Crippen LogP contribution in [0.4, 0.5) is 11.4 Å². The van der Waals surface area contributed by atoms with Crippen molar-refractivity contribution in [1.29, 1.82) is 0 Å². The molecule has 2 rings (SSSR count). The molecule has 1 heterocycles. The lowest BCUT2D eigenvalue weighted by molar-refractivity contribution is 0.0963. The SMILES string of the molecule is CNC(=O)c1ccc(N)c(N2CCCN(CCO)CC2)c1. The zero-order valence-electron chi connectivity index (χ0n) is 12.5. The number of nitrogen functional groups attached to an aromatic ring is 1. The van der Waals surface area contributed by atoms with Gasteiger partial charge in [0.15, 0.2) is 0 Å². The molecule has 0 spiro atoms. The van der Waals surface area contributed by atoms with E-state index in [0.29, 0.717) is 17.8 Å². The Morgan fingerprint density at radius 3 is 2.86 bits per heavy atom. The van der Waals surface area contributed by atoms with Gasteiger partial charge in [-0.25, -0.2) is 0 Å². The van der Waals surface area contributed by atoms with Gasteiger partial charge in [0, 0.05) is 38.8 Å². The number of anilines is 2. The molecule has 21 heavy (non-hydrogen) atoms. The van der Waals surface area contributed by atoms with Crippen LogP contribution in [0.1, 0.15) is 16.8 Å².